The van der Waals surface area contributed by atoms with Crippen molar-refractivity contribution in [2.24, 2.45) is 0 Å². The van der Waals surface area contributed by atoms with Crippen LogP contribution in [-0.4, -0.2) is 37.8 Å². The summed E-state index contributed by atoms with van der Waals surface area (Å²) in [6.45, 7) is 9.18. The molecule has 1 N–H and O–H groups in total. The van der Waals surface area contributed by atoms with Crippen molar-refractivity contribution < 1.29 is 13.2 Å². The second-order valence-electron chi connectivity index (χ2n) is 4.64. The van der Waals surface area contributed by atoms with Crippen molar-refractivity contribution >= 4 is 15.6 Å². The summed E-state index contributed by atoms with van der Waals surface area (Å²) in [5.74, 6) is -0.167. The first kappa shape index (κ1) is 15.3. The lowest BCUT2D eigenvalue weighted by molar-refractivity contribution is -0.117. The van der Waals surface area contributed by atoms with E-state index in [9.17, 15) is 13.2 Å². The van der Waals surface area contributed by atoms with E-state index in [1.165, 1.54) is 0 Å². The standard InChI is InChI=1S/C11H21NO3S/c1-5-7-12-9-10(13)6-8-16(14,15)11(2,3)4/h5,12H,1,6-9H2,2-4H3. The predicted molar refractivity (Wildman–Crippen MR) is 66.2 cm³/mol. The van der Waals surface area contributed by atoms with Crippen molar-refractivity contribution in [1.29, 1.82) is 0 Å². The molecule has 0 aromatic heterocycles. The van der Waals surface area contributed by atoms with Crippen LogP contribution in [0.25, 0.3) is 0 Å². The molecule has 94 valence electrons. The van der Waals surface area contributed by atoms with Gasteiger partial charge in [0.2, 0.25) is 0 Å². The Hall–Kier alpha value is -0.680. The second kappa shape index (κ2) is 6.15. The van der Waals surface area contributed by atoms with Crippen LogP contribution in [0.2, 0.25) is 0 Å². The number of sulfone groups is 1. The summed E-state index contributed by atoms with van der Waals surface area (Å²) in [6.07, 6.45) is 1.73. The van der Waals surface area contributed by atoms with Crippen LogP contribution in [0.4, 0.5) is 0 Å². The molecule has 0 amide bonds. The molecule has 4 nitrogen and oxygen atoms in total. The molecule has 0 radical (unpaired) electrons. The van der Waals surface area contributed by atoms with Gasteiger partial charge in [0.25, 0.3) is 0 Å². The maximum atomic E-state index is 11.7. The lowest BCUT2D eigenvalue weighted by Crippen LogP contribution is -2.32. The summed E-state index contributed by atoms with van der Waals surface area (Å²) in [4.78, 5) is 11.3. The number of hydrogen-bond donors (Lipinski definition) is 1. The monoisotopic (exact) mass is 247 g/mol. The van der Waals surface area contributed by atoms with Crippen molar-refractivity contribution in [2.45, 2.75) is 31.9 Å². The minimum Gasteiger partial charge on any atom is -0.307 e. The fourth-order valence-electron chi connectivity index (χ4n) is 0.956. The van der Waals surface area contributed by atoms with E-state index in [4.69, 9.17) is 0 Å². The van der Waals surface area contributed by atoms with Gasteiger partial charge < -0.3 is 5.32 Å². The Morgan fingerprint density at radius 2 is 1.94 bits per heavy atom. The van der Waals surface area contributed by atoms with Crippen molar-refractivity contribution in [3.8, 4) is 0 Å². The Balaban J connectivity index is 4.07. The molecule has 0 aliphatic heterocycles. The normalized spacial score (nSPS) is 12.4. The van der Waals surface area contributed by atoms with Crippen molar-refractivity contribution in [1.82, 2.24) is 5.32 Å². The fraction of sp³-hybridized carbons (Fsp3) is 0.727. The number of Topliss-reactive ketones (excluding diaryl/α,β-unsaturated/α-hetero) is 1. The SMILES string of the molecule is C=CCNCC(=O)CCS(=O)(=O)C(C)(C)C. The maximum absolute atomic E-state index is 11.7. The van der Waals surface area contributed by atoms with Gasteiger partial charge in [0.15, 0.2) is 9.84 Å². The smallest absolute Gasteiger partial charge is 0.155 e. The van der Waals surface area contributed by atoms with Gasteiger partial charge in [0, 0.05) is 13.0 Å². The zero-order valence-corrected chi connectivity index (χ0v) is 11.1. The molecule has 0 aromatic rings. The van der Waals surface area contributed by atoms with Gasteiger partial charge in [-0.15, -0.1) is 6.58 Å². The van der Waals surface area contributed by atoms with Crippen LogP contribution in [0.5, 0.6) is 0 Å². The summed E-state index contributed by atoms with van der Waals surface area (Å²) >= 11 is 0. The summed E-state index contributed by atoms with van der Waals surface area (Å²) in [5, 5.41) is 2.85. The molecule has 0 atom stereocenters. The van der Waals surface area contributed by atoms with E-state index >= 15 is 0 Å². The van der Waals surface area contributed by atoms with E-state index < -0.39 is 14.6 Å². The predicted octanol–water partition coefficient (Wildman–Crippen LogP) is 0.934. The Bertz CT molecular complexity index is 339. The Kier molecular flexibility index (Phi) is 5.89. The largest absolute Gasteiger partial charge is 0.307 e. The highest BCUT2D eigenvalue weighted by molar-refractivity contribution is 7.92. The van der Waals surface area contributed by atoms with Crippen LogP contribution in [0.15, 0.2) is 12.7 Å². The second-order valence-corrected chi connectivity index (χ2v) is 7.50. The van der Waals surface area contributed by atoms with Gasteiger partial charge in [0.05, 0.1) is 17.0 Å². The van der Waals surface area contributed by atoms with Gasteiger partial charge >= 0.3 is 0 Å². The van der Waals surface area contributed by atoms with Crippen LogP contribution < -0.4 is 5.32 Å². The van der Waals surface area contributed by atoms with Crippen LogP contribution in [0.3, 0.4) is 0 Å². The summed E-state index contributed by atoms with van der Waals surface area (Å²) in [5.41, 5.74) is 0. The van der Waals surface area contributed by atoms with Gasteiger partial charge in [-0.2, -0.15) is 0 Å². The highest BCUT2D eigenvalue weighted by Gasteiger charge is 2.28. The van der Waals surface area contributed by atoms with E-state index in [1.807, 2.05) is 0 Å². The van der Waals surface area contributed by atoms with Gasteiger partial charge in [-0.3, -0.25) is 4.79 Å². The first-order valence-corrected chi connectivity index (χ1v) is 6.91. The van der Waals surface area contributed by atoms with Crippen molar-refractivity contribution in [2.75, 3.05) is 18.8 Å². The number of nitrogens with one attached hydrogen (secondary N) is 1. The van der Waals surface area contributed by atoms with E-state index in [1.54, 1.807) is 26.8 Å². The molecule has 0 spiro atoms. The number of hydrogen-bond acceptors (Lipinski definition) is 4. The first-order chi connectivity index (χ1) is 7.20. The third kappa shape index (κ3) is 5.42. The molecule has 0 aromatic carbocycles. The number of rotatable bonds is 7. The van der Waals surface area contributed by atoms with E-state index in [0.717, 1.165) is 0 Å². The topological polar surface area (TPSA) is 63.2 Å². The van der Waals surface area contributed by atoms with Gasteiger partial charge in [-0.1, -0.05) is 6.08 Å². The molecule has 16 heavy (non-hydrogen) atoms. The minimum atomic E-state index is -3.19. The molecule has 0 bridgehead atoms. The van der Waals surface area contributed by atoms with Crippen molar-refractivity contribution in [3.63, 3.8) is 0 Å². The van der Waals surface area contributed by atoms with Gasteiger partial charge in [-0.25, -0.2) is 8.42 Å². The molecule has 0 rings (SSSR count). The number of ketones is 1. The van der Waals surface area contributed by atoms with Gasteiger partial charge in [0.1, 0.15) is 5.78 Å². The number of carbonyl (C=O) groups excluding carboxylic acids is 1. The molecular weight excluding hydrogens is 226 g/mol. The lowest BCUT2D eigenvalue weighted by atomic mass is 10.3. The Morgan fingerprint density at radius 3 is 2.38 bits per heavy atom. The third-order valence-electron chi connectivity index (χ3n) is 2.19. The Labute approximate surface area is 98.0 Å². The minimum absolute atomic E-state index is 0.0732. The molecule has 0 fully saturated rings. The molecule has 0 aliphatic carbocycles. The zero-order chi connectivity index (χ0) is 12.8. The zero-order valence-electron chi connectivity index (χ0n) is 10.2. The van der Waals surface area contributed by atoms with E-state index in [2.05, 4.69) is 11.9 Å². The summed E-state index contributed by atoms with van der Waals surface area (Å²) < 4.78 is 22.6. The molecule has 0 aliphatic rings. The van der Waals surface area contributed by atoms with Crippen LogP contribution in [0, 0.1) is 0 Å². The summed E-state index contributed by atoms with van der Waals surface area (Å²) in [6, 6.07) is 0. The molecule has 0 saturated carbocycles. The fourth-order valence-corrected chi connectivity index (χ4v) is 2.07. The van der Waals surface area contributed by atoms with Gasteiger partial charge in [-0.05, 0) is 20.8 Å². The molecule has 0 unspecified atom stereocenters. The van der Waals surface area contributed by atoms with Crippen LogP contribution in [0.1, 0.15) is 27.2 Å². The molecule has 5 heteroatoms. The average Bonchev–Trinajstić information content (AvgIpc) is 2.13. The van der Waals surface area contributed by atoms with E-state index in [0.29, 0.717) is 6.54 Å². The van der Waals surface area contributed by atoms with Crippen LogP contribution >= 0.6 is 0 Å². The van der Waals surface area contributed by atoms with Crippen LogP contribution in [-0.2, 0) is 14.6 Å². The molecule has 0 saturated heterocycles. The Morgan fingerprint density at radius 1 is 1.38 bits per heavy atom. The number of carbonyl (C=O) groups is 1. The lowest BCUT2D eigenvalue weighted by Gasteiger charge is -2.18. The quantitative estimate of drug-likeness (QED) is 0.537. The highest BCUT2D eigenvalue weighted by Crippen LogP contribution is 2.16. The molecular formula is C11H21NO3S. The maximum Gasteiger partial charge on any atom is 0.155 e. The third-order valence-corrected chi connectivity index (χ3v) is 4.80. The van der Waals surface area contributed by atoms with Crippen molar-refractivity contribution in [3.05, 3.63) is 12.7 Å². The average molecular weight is 247 g/mol. The first-order valence-electron chi connectivity index (χ1n) is 5.26. The van der Waals surface area contributed by atoms with E-state index in [-0.39, 0.29) is 24.5 Å². The highest BCUT2D eigenvalue weighted by atomic mass is 32.2. The molecule has 0 heterocycles. The summed E-state index contributed by atoms with van der Waals surface area (Å²) in [7, 11) is -3.19.